The number of pyridine rings is 1. The zero-order valence-electron chi connectivity index (χ0n) is 18.8. The first-order valence-electron chi connectivity index (χ1n) is 10.8. The van der Waals surface area contributed by atoms with E-state index in [-0.39, 0.29) is 18.8 Å². The number of likely N-dealkylation sites (tertiary alicyclic amines) is 1. The van der Waals surface area contributed by atoms with Gasteiger partial charge in [-0.25, -0.2) is 23.0 Å². The molecule has 12 heteroatoms. The summed E-state index contributed by atoms with van der Waals surface area (Å²) in [6.07, 6.45) is 2.48. The SMILES string of the molecule is Cc1c(Cl)nn(C)c1-c1cc(OC2CN(C(=O)N3N=CCC3c3cc(F)cc(F)c3)C2)c(F)cn1. The molecule has 1 fully saturated rings. The number of carbonyl (C=O) groups excluding carboxylic acids is 1. The van der Waals surface area contributed by atoms with Crippen molar-refractivity contribution in [2.45, 2.75) is 25.5 Å². The van der Waals surface area contributed by atoms with E-state index in [4.69, 9.17) is 16.3 Å². The fourth-order valence-corrected chi connectivity index (χ4v) is 4.43. The normalized spacial score (nSPS) is 17.7. The van der Waals surface area contributed by atoms with Crippen molar-refractivity contribution in [3.8, 4) is 17.1 Å². The second-order valence-corrected chi connectivity index (χ2v) is 8.77. The average molecular weight is 505 g/mol. The number of carbonyl (C=O) groups is 1. The van der Waals surface area contributed by atoms with Crippen molar-refractivity contribution in [1.82, 2.24) is 24.7 Å². The molecule has 0 saturated carbocycles. The molecule has 1 aromatic carbocycles. The van der Waals surface area contributed by atoms with E-state index in [1.165, 1.54) is 34.3 Å². The Morgan fingerprint density at radius 3 is 2.51 bits per heavy atom. The molecule has 2 aliphatic heterocycles. The Morgan fingerprint density at radius 1 is 1.14 bits per heavy atom. The number of hydrogen-bond acceptors (Lipinski definition) is 5. The van der Waals surface area contributed by atoms with Crippen molar-refractivity contribution in [3.63, 3.8) is 0 Å². The minimum absolute atomic E-state index is 0.00359. The Hall–Kier alpha value is -3.60. The van der Waals surface area contributed by atoms with Gasteiger partial charge in [-0.1, -0.05) is 11.6 Å². The van der Waals surface area contributed by atoms with E-state index < -0.39 is 35.6 Å². The first-order valence-corrected chi connectivity index (χ1v) is 11.2. The Morgan fingerprint density at radius 2 is 1.86 bits per heavy atom. The van der Waals surface area contributed by atoms with E-state index in [0.717, 1.165) is 12.3 Å². The predicted molar refractivity (Wildman–Crippen MR) is 122 cm³/mol. The highest BCUT2D eigenvalue weighted by molar-refractivity contribution is 6.30. The van der Waals surface area contributed by atoms with Crippen LogP contribution in [0, 0.1) is 24.4 Å². The molecular weight excluding hydrogens is 485 g/mol. The zero-order chi connectivity index (χ0) is 24.9. The lowest BCUT2D eigenvalue weighted by Gasteiger charge is -2.41. The van der Waals surface area contributed by atoms with Gasteiger partial charge in [-0.15, -0.1) is 0 Å². The maximum absolute atomic E-state index is 14.4. The lowest BCUT2D eigenvalue weighted by molar-refractivity contribution is 0.0256. The van der Waals surface area contributed by atoms with Gasteiger partial charge in [-0.2, -0.15) is 10.2 Å². The second kappa shape index (κ2) is 8.88. The number of nitrogens with zero attached hydrogens (tertiary/aromatic N) is 6. The summed E-state index contributed by atoms with van der Waals surface area (Å²) in [4.78, 5) is 18.5. The van der Waals surface area contributed by atoms with Gasteiger partial charge in [0.1, 0.15) is 17.7 Å². The number of hydrazone groups is 1. The maximum Gasteiger partial charge on any atom is 0.341 e. The summed E-state index contributed by atoms with van der Waals surface area (Å²) in [6.45, 7) is 2.18. The molecule has 2 aliphatic rings. The zero-order valence-corrected chi connectivity index (χ0v) is 19.5. The van der Waals surface area contributed by atoms with E-state index in [1.807, 2.05) is 0 Å². The van der Waals surface area contributed by atoms with Gasteiger partial charge in [0.15, 0.2) is 16.7 Å². The number of rotatable bonds is 4. The van der Waals surface area contributed by atoms with Gasteiger partial charge < -0.3 is 9.64 Å². The van der Waals surface area contributed by atoms with Crippen LogP contribution in [-0.2, 0) is 7.05 Å². The molecular formula is C23H20ClF3N6O2. The Bertz CT molecular complexity index is 1320. The molecule has 182 valence electrons. The van der Waals surface area contributed by atoms with E-state index in [9.17, 15) is 18.0 Å². The van der Waals surface area contributed by atoms with Crippen LogP contribution in [0.4, 0.5) is 18.0 Å². The molecule has 3 aromatic rings. The number of amides is 2. The maximum atomic E-state index is 14.4. The fourth-order valence-electron chi connectivity index (χ4n) is 4.23. The van der Waals surface area contributed by atoms with E-state index in [0.29, 0.717) is 34.1 Å². The van der Waals surface area contributed by atoms with Gasteiger partial charge in [-0.3, -0.25) is 9.67 Å². The van der Waals surface area contributed by atoms with Gasteiger partial charge >= 0.3 is 6.03 Å². The monoisotopic (exact) mass is 504 g/mol. The lowest BCUT2D eigenvalue weighted by atomic mass is 10.0. The molecule has 0 bridgehead atoms. The summed E-state index contributed by atoms with van der Waals surface area (Å²) in [5.74, 6) is -2.09. The van der Waals surface area contributed by atoms with Crippen molar-refractivity contribution < 1.29 is 22.7 Å². The van der Waals surface area contributed by atoms with Crippen molar-refractivity contribution in [2.24, 2.45) is 12.1 Å². The highest BCUT2D eigenvalue weighted by Gasteiger charge is 2.39. The first-order chi connectivity index (χ1) is 16.7. The van der Waals surface area contributed by atoms with Gasteiger partial charge in [0.2, 0.25) is 0 Å². The predicted octanol–water partition coefficient (Wildman–Crippen LogP) is 4.48. The third-order valence-electron chi connectivity index (χ3n) is 6.00. The highest BCUT2D eigenvalue weighted by atomic mass is 35.5. The molecule has 1 unspecified atom stereocenters. The third kappa shape index (κ3) is 4.31. The molecule has 0 radical (unpaired) electrons. The minimum Gasteiger partial charge on any atom is -0.483 e. The quantitative estimate of drug-likeness (QED) is 0.525. The largest absolute Gasteiger partial charge is 0.483 e. The van der Waals surface area contributed by atoms with Gasteiger partial charge in [0.05, 0.1) is 36.7 Å². The summed E-state index contributed by atoms with van der Waals surface area (Å²) >= 11 is 6.08. The Balaban J connectivity index is 1.26. The molecule has 0 aliphatic carbocycles. The second-order valence-electron chi connectivity index (χ2n) is 8.41. The third-order valence-corrected chi connectivity index (χ3v) is 6.36. The van der Waals surface area contributed by atoms with E-state index in [2.05, 4.69) is 15.2 Å². The standard InChI is InChI=1S/C23H20ClF3N6O2/c1-12-21(31(2)30-22(12)24)18-8-20(17(27)9-28-18)35-16-10-32(11-16)23(34)33-19(3-4-29-33)13-5-14(25)7-15(26)6-13/h4-9,16,19H,3,10-11H2,1-2H3. The van der Waals surface area contributed by atoms with Crippen LogP contribution in [0.1, 0.15) is 23.6 Å². The number of benzene rings is 1. The molecule has 1 saturated heterocycles. The molecule has 1 atom stereocenters. The van der Waals surface area contributed by atoms with E-state index >= 15 is 0 Å². The van der Waals surface area contributed by atoms with Gasteiger partial charge in [0.25, 0.3) is 0 Å². The van der Waals surface area contributed by atoms with Crippen LogP contribution in [0.5, 0.6) is 5.75 Å². The number of aryl methyl sites for hydroxylation is 1. The molecule has 8 nitrogen and oxygen atoms in total. The molecule has 0 N–H and O–H groups in total. The minimum atomic E-state index is -0.723. The number of aromatic nitrogens is 3. The molecule has 0 spiro atoms. The molecule has 5 rings (SSSR count). The van der Waals surface area contributed by atoms with Gasteiger partial charge in [-0.05, 0) is 24.6 Å². The average Bonchev–Trinajstić information content (AvgIpc) is 3.35. The number of hydrogen-bond donors (Lipinski definition) is 0. The number of ether oxygens (including phenoxy) is 1. The van der Waals surface area contributed by atoms with Crippen LogP contribution >= 0.6 is 11.6 Å². The van der Waals surface area contributed by atoms with Crippen molar-refractivity contribution in [3.05, 3.63) is 64.2 Å². The molecule has 2 aromatic heterocycles. The van der Waals surface area contributed by atoms with Crippen molar-refractivity contribution in [1.29, 1.82) is 0 Å². The molecule has 4 heterocycles. The number of urea groups is 1. The van der Waals surface area contributed by atoms with Crippen LogP contribution in [-0.4, -0.2) is 56.1 Å². The van der Waals surface area contributed by atoms with Crippen LogP contribution < -0.4 is 4.74 Å². The Labute approximate surface area is 203 Å². The fraction of sp³-hybridized carbons (Fsp3) is 0.304. The summed E-state index contributed by atoms with van der Waals surface area (Å²) in [7, 11) is 1.71. The lowest BCUT2D eigenvalue weighted by Crippen LogP contribution is -2.58. The Kier molecular flexibility index (Phi) is 5.87. The van der Waals surface area contributed by atoms with E-state index in [1.54, 1.807) is 18.7 Å². The smallest absolute Gasteiger partial charge is 0.341 e. The summed E-state index contributed by atoms with van der Waals surface area (Å²) in [5, 5.41) is 9.75. The molecule has 35 heavy (non-hydrogen) atoms. The van der Waals surface area contributed by atoms with Gasteiger partial charge in [0, 0.05) is 37.4 Å². The van der Waals surface area contributed by atoms with Crippen LogP contribution in [0.15, 0.2) is 35.6 Å². The van der Waals surface area contributed by atoms with Crippen molar-refractivity contribution >= 4 is 23.8 Å². The molecule has 2 amide bonds. The summed E-state index contributed by atoms with van der Waals surface area (Å²) in [6, 6.07) is 3.58. The van der Waals surface area contributed by atoms with Crippen molar-refractivity contribution in [2.75, 3.05) is 13.1 Å². The topological polar surface area (TPSA) is 75.8 Å². The summed E-state index contributed by atoms with van der Waals surface area (Å²) in [5.41, 5.74) is 2.11. The first kappa shape index (κ1) is 23.2. The van der Waals surface area contributed by atoms with Crippen LogP contribution in [0.2, 0.25) is 5.15 Å². The highest BCUT2D eigenvalue weighted by Crippen LogP contribution is 2.33. The van der Waals surface area contributed by atoms with Crippen LogP contribution in [0.25, 0.3) is 11.4 Å². The number of halogens is 4. The summed E-state index contributed by atoms with van der Waals surface area (Å²) < 4.78 is 49.1. The van der Waals surface area contributed by atoms with Crippen LogP contribution in [0.3, 0.4) is 0 Å².